The first kappa shape index (κ1) is 24.9. The van der Waals surface area contributed by atoms with E-state index in [0.717, 1.165) is 22.3 Å². The number of nitrogens with zero attached hydrogens (tertiary/aromatic N) is 1. The summed E-state index contributed by atoms with van der Waals surface area (Å²) in [6.07, 6.45) is 0.0860. The van der Waals surface area contributed by atoms with Crippen LogP contribution in [0.25, 0.3) is 0 Å². The lowest BCUT2D eigenvalue weighted by atomic mass is 9.98. The monoisotopic (exact) mass is 456 g/mol. The van der Waals surface area contributed by atoms with Gasteiger partial charge < -0.3 is 5.32 Å². The smallest absolute Gasteiger partial charge is 0.247 e. The molecule has 0 radical (unpaired) electrons. The number of benzene rings is 3. The number of nitrogens with one attached hydrogen (secondary N) is 1. The van der Waals surface area contributed by atoms with E-state index in [1.807, 2.05) is 107 Å². The van der Waals surface area contributed by atoms with Crippen LogP contribution < -0.4 is 5.32 Å². The Balaban J connectivity index is 1.94. The Morgan fingerprint density at radius 1 is 0.765 bits per heavy atom. The van der Waals surface area contributed by atoms with E-state index in [1.54, 1.807) is 0 Å². The van der Waals surface area contributed by atoms with Crippen molar-refractivity contribution in [1.82, 2.24) is 4.90 Å². The summed E-state index contributed by atoms with van der Waals surface area (Å²) in [6, 6.07) is 23.4. The first-order valence-electron chi connectivity index (χ1n) is 11.6. The van der Waals surface area contributed by atoms with Crippen molar-refractivity contribution in [3.05, 3.63) is 101 Å². The molecule has 0 saturated carbocycles. The van der Waals surface area contributed by atoms with E-state index in [9.17, 15) is 14.4 Å². The van der Waals surface area contributed by atoms with Gasteiger partial charge in [0.25, 0.3) is 0 Å². The van der Waals surface area contributed by atoms with E-state index in [0.29, 0.717) is 5.69 Å². The van der Waals surface area contributed by atoms with E-state index < -0.39 is 6.04 Å². The highest BCUT2D eigenvalue weighted by Crippen LogP contribution is 2.21. The molecule has 0 aliphatic carbocycles. The molecule has 1 unspecified atom stereocenters. The van der Waals surface area contributed by atoms with Gasteiger partial charge in [-0.2, -0.15) is 0 Å². The Morgan fingerprint density at radius 3 is 1.74 bits per heavy atom. The topological polar surface area (TPSA) is 66.5 Å². The minimum atomic E-state index is -0.938. The fraction of sp³-hybridized carbons (Fsp3) is 0.276. The highest BCUT2D eigenvalue weighted by atomic mass is 16.2. The summed E-state index contributed by atoms with van der Waals surface area (Å²) >= 11 is 0. The van der Waals surface area contributed by atoms with Crippen LogP contribution in [0.5, 0.6) is 0 Å². The van der Waals surface area contributed by atoms with Gasteiger partial charge in [0.05, 0.1) is 12.8 Å². The van der Waals surface area contributed by atoms with Gasteiger partial charge in [-0.05, 0) is 48.1 Å². The molecule has 0 heterocycles. The van der Waals surface area contributed by atoms with Crippen LogP contribution in [-0.4, -0.2) is 28.7 Å². The van der Waals surface area contributed by atoms with Crippen molar-refractivity contribution >= 4 is 23.4 Å². The Hall–Kier alpha value is -3.73. The quantitative estimate of drug-likeness (QED) is 0.512. The molecule has 0 saturated heterocycles. The second kappa shape index (κ2) is 11.4. The van der Waals surface area contributed by atoms with Gasteiger partial charge >= 0.3 is 0 Å². The highest BCUT2D eigenvalue weighted by molar-refractivity contribution is 6.05. The molecule has 5 nitrogen and oxygen atoms in total. The minimum absolute atomic E-state index is 0.0430. The average molecular weight is 457 g/mol. The molecule has 0 bridgehead atoms. The van der Waals surface area contributed by atoms with Gasteiger partial charge in [-0.25, -0.2) is 0 Å². The molecular weight excluding hydrogens is 424 g/mol. The van der Waals surface area contributed by atoms with E-state index in [2.05, 4.69) is 5.32 Å². The van der Waals surface area contributed by atoms with E-state index in [4.69, 9.17) is 0 Å². The van der Waals surface area contributed by atoms with Crippen LogP contribution in [0, 0.1) is 19.8 Å². The molecule has 3 aromatic rings. The van der Waals surface area contributed by atoms with Gasteiger partial charge in [0.15, 0.2) is 0 Å². The molecule has 3 amide bonds. The molecule has 3 rings (SSSR count). The van der Waals surface area contributed by atoms with Gasteiger partial charge in [-0.1, -0.05) is 86.6 Å². The Morgan fingerprint density at radius 2 is 1.26 bits per heavy atom. The first-order valence-corrected chi connectivity index (χ1v) is 11.6. The Bertz CT molecular complexity index is 1090. The van der Waals surface area contributed by atoms with Gasteiger partial charge in [0.1, 0.15) is 6.04 Å². The summed E-state index contributed by atoms with van der Waals surface area (Å²) in [7, 11) is 0. The molecule has 1 N–H and O–H groups in total. The minimum Gasteiger partial charge on any atom is -0.324 e. The van der Waals surface area contributed by atoms with Crippen LogP contribution in [0.15, 0.2) is 78.9 Å². The number of rotatable bonds is 8. The van der Waals surface area contributed by atoms with E-state index in [1.165, 1.54) is 4.90 Å². The van der Waals surface area contributed by atoms with Crippen molar-refractivity contribution in [2.75, 3.05) is 5.32 Å². The van der Waals surface area contributed by atoms with Crippen LogP contribution in [0.4, 0.5) is 5.69 Å². The Labute approximate surface area is 201 Å². The number of amides is 3. The van der Waals surface area contributed by atoms with Gasteiger partial charge in [0.2, 0.25) is 17.7 Å². The predicted molar refractivity (Wildman–Crippen MR) is 135 cm³/mol. The molecule has 0 spiro atoms. The van der Waals surface area contributed by atoms with Crippen LogP contribution in [0.2, 0.25) is 0 Å². The second-order valence-corrected chi connectivity index (χ2v) is 8.98. The maximum absolute atomic E-state index is 13.5. The molecular formula is C29H32N2O3. The molecule has 0 aliphatic rings. The zero-order valence-electron chi connectivity index (χ0n) is 20.2. The molecule has 1 atom stereocenters. The normalized spacial score (nSPS) is 11.7. The molecule has 0 aromatic heterocycles. The molecule has 34 heavy (non-hydrogen) atoms. The van der Waals surface area contributed by atoms with Crippen molar-refractivity contribution in [3.63, 3.8) is 0 Å². The second-order valence-electron chi connectivity index (χ2n) is 8.98. The van der Waals surface area contributed by atoms with Crippen molar-refractivity contribution in [1.29, 1.82) is 0 Å². The molecule has 0 fully saturated rings. The van der Waals surface area contributed by atoms with Gasteiger partial charge in [0, 0.05) is 5.69 Å². The summed E-state index contributed by atoms with van der Waals surface area (Å²) in [4.78, 5) is 41.7. The van der Waals surface area contributed by atoms with Crippen LogP contribution in [0.3, 0.4) is 0 Å². The van der Waals surface area contributed by atoms with Crippen LogP contribution in [0.1, 0.15) is 36.1 Å². The molecule has 176 valence electrons. The lowest BCUT2D eigenvalue weighted by Gasteiger charge is -2.32. The number of hydrogen-bond acceptors (Lipinski definition) is 3. The molecule has 5 heteroatoms. The molecule has 0 aliphatic heterocycles. The highest BCUT2D eigenvalue weighted by Gasteiger charge is 2.37. The third-order valence-corrected chi connectivity index (χ3v) is 5.76. The fourth-order valence-electron chi connectivity index (χ4n) is 3.96. The zero-order valence-corrected chi connectivity index (χ0v) is 20.2. The first-order chi connectivity index (χ1) is 16.3. The SMILES string of the molecule is Cc1ccc(C)c(NC(=O)C(C(C)C)N(C(=O)Cc2ccccc2)C(=O)Cc2ccccc2)c1. The summed E-state index contributed by atoms with van der Waals surface area (Å²) in [6.45, 7) is 7.57. The number of carbonyl (C=O) groups is 3. The number of hydrogen-bond donors (Lipinski definition) is 1. The predicted octanol–water partition coefficient (Wildman–Crippen LogP) is 5.11. The van der Waals surface area contributed by atoms with E-state index >= 15 is 0 Å². The third-order valence-electron chi connectivity index (χ3n) is 5.76. The largest absolute Gasteiger partial charge is 0.324 e. The number of carbonyl (C=O) groups excluding carboxylic acids is 3. The van der Waals surface area contributed by atoms with Gasteiger partial charge in [-0.15, -0.1) is 0 Å². The molecule has 3 aromatic carbocycles. The summed E-state index contributed by atoms with van der Waals surface area (Å²) in [5.41, 5.74) is 4.20. The fourth-order valence-corrected chi connectivity index (χ4v) is 3.96. The number of anilines is 1. The van der Waals surface area contributed by atoms with Crippen LogP contribution in [-0.2, 0) is 27.2 Å². The van der Waals surface area contributed by atoms with Crippen molar-refractivity contribution in [3.8, 4) is 0 Å². The van der Waals surface area contributed by atoms with Gasteiger partial charge in [-0.3, -0.25) is 19.3 Å². The summed E-state index contributed by atoms with van der Waals surface area (Å²) in [5, 5.41) is 2.97. The summed E-state index contributed by atoms with van der Waals surface area (Å²) in [5.74, 6) is -1.42. The third kappa shape index (κ3) is 6.41. The lowest BCUT2D eigenvalue weighted by molar-refractivity contribution is -0.151. The number of imide groups is 1. The van der Waals surface area contributed by atoms with Crippen molar-refractivity contribution in [2.24, 2.45) is 5.92 Å². The standard InChI is InChI=1S/C29H32N2O3/c1-20(2)28(29(34)30-25-17-21(3)15-16-22(25)4)31(26(32)18-23-11-7-5-8-12-23)27(33)19-24-13-9-6-10-14-24/h5-17,20,28H,18-19H2,1-4H3,(H,30,34). The number of aryl methyl sites for hydroxylation is 2. The average Bonchev–Trinajstić information content (AvgIpc) is 2.80. The van der Waals surface area contributed by atoms with E-state index in [-0.39, 0.29) is 36.5 Å². The van der Waals surface area contributed by atoms with Crippen LogP contribution >= 0.6 is 0 Å². The zero-order chi connectivity index (χ0) is 24.7. The maximum atomic E-state index is 13.5. The maximum Gasteiger partial charge on any atom is 0.247 e. The summed E-state index contributed by atoms with van der Waals surface area (Å²) < 4.78 is 0. The van der Waals surface area contributed by atoms with Crippen molar-refractivity contribution in [2.45, 2.75) is 46.6 Å². The lowest BCUT2D eigenvalue weighted by Crippen LogP contribution is -2.54. The Kier molecular flexibility index (Phi) is 8.36. The van der Waals surface area contributed by atoms with Crippen molar-refractivity contribution < 1.29 is 14.4 Å².